The molecular weight excluding hydrogens is 460 g/mol. The molecule has 1 saturated heterocycles. The van der Waals surface area contributed by atoms with Crippen LogP contribution in [0.1, 0.15) is 40.7 Å². The van der Waals surface area contributed by atoms with Gasteiger partial charge in [0.1, 0.15) is 0 Å². The van der Waals surface area contributed by atoms with Gasteiger partial charge in [0.25, 0.3) is 5.91 Å². The van der Waals surface area contributed by atoms with E-state index in [0.717, 1.165) is 29.0 Å². The molecule has 0 saturated carbocycles. The Bertz CT molecular complexity index is 1270. The second kappa shape index (κ2) is 9.00. The first kappa shape index (κ1) is 21.7. The molecule has 166 valence electrons. The zero-order valence-electron chi connectivity index (χ0n) is 17.5. The van der Waals surface area contributed by atoms with Gasteiger partial charge in [-0.3, -0.25) is 10.1 Å². The van der Waals surface area contributed by atoms with Crippen LogP contribution in [0, 0.1) is 0 Å². The second-order valence-electron chi connectivity index (χ2n) is 8.32. The van der Waals surface area contributed by atoms with Crippen LogP contribution >= 0.6 is 23.1 Å². The number of thioether (sulfide) groups is 1. The van der Waals surface area contributed by atoms with E-state index in [4.69, 9.17) is 0 Å². The highest BCUT2D eigenvalue weighted by Gasteiger charge is 2.29. The molecule has 1 aromatic heterocycles. The van der Waals surface area contributed by atoms with Gasteiger partial charge in [-0.1, -0.05) is 24.3 Å². The van der Waals surface area contributed by atoms with Crippen molar-refractivity contribution in [3.63, 3.8) is 0 Å². The van der Waals surface area contributed by atoms with E-state index in [1.54, 1.807) is 6.07 Å². The Hall–Kier alpha value is -2.16. The normalized spacial score (nSPS) is 19.4. The number of thiazole rings is 1. The average molecular weight is 485 g/mol. The monoisotopic (exact) mass is 484 g/mol. The molecule has 3 aromatic rings. The van der Waals surface area contributed by atoms with Gasteiger partial charge >= 0.3 is 0 Å². The summed E-state index contributed by atoms with van der Waals surface area (Å²) in [4.78, 5) is 18.4. The van der Waals surface area contributed by atoms with E-state index < -0.39 is 9.84 Å². The number of carbonyl (C=O) groups excluding carboxylic acids is 1. The van der Waals surface area contributed by atoms with Gasteiger partial charge < -0.3 is 0 Å². The van der Waals surface area contributed by atoms with Crippen LogP contribution in [0.25, 0.3) is 11.3 Å². The minimum absolute atomic E-state index is 0.00979. The molecule has 1 aliphatic carbocycles. The number of anilines is 1. The van der Waals surface area contributed by atoms with Crippen LogP contribution in [0.5, 0.6) is 0 Å². The molecule has 1 amide bonds. The standard InChI is InChI=1S/C24H24N2O3S3/c27-23(20-7-3-4-8-22(20)31-19-11-12-32(28,29)15-19)26-24-25-21(14-30-24)18-10-9-16-5-1-2-6-17(16)13-18/h3-4,7-10,13-14,19H,1-2,5-6,11-12,15H2,(H,25,26,27). The molecule has 1 fully saturated rings. The average Bonchev–Trinajstić information content (AvgIpc) is 3.39. The summed E-state index contributed by atoms with van der Waals surface area (Å²) in [5.41, 5.74) is 5.35. The largest absolute Gasteiger partial charge is 0.298 e. The summed E-state index contributed by atoms with van der Waals surface area (Å²) in [5.74, 6) is 0.175. The molecule has 1 aliphatic heterocycles. The Morgan fingerprint density at radius 2 is 1.91 bits per heavy atom. The minimum atomic E-state index is -2.96. The Morgan fingerprint density at radius 3 is 2.72 bits per heavy atom. The second-order valence-corrected chi connectivity index (χ2v) is 12.8. The number of rotatable bonds is 5. The molecular formula is C24H24N2O3S3. The number of aryl methyl sites for hydroxylation is 2. The topological polar surface area (TPSA) is 76.1 Å². The Morgan fingerprint density at radius 1 is 1.09 bits per heavy atom. The number of nitrogens with one attached hydrogen (secondary N) is 1. The van der Waals surface area contributed by atoms with Gasteiger partial charge in [-0.2, -0.15) is 0 Å². The number of amides is 1. The summed E-state index contributed by atoms with van der Waals surface area (Å²) < 4.78 is 23.6. The smallest absolute Gasteiger partial charge is 0.258 e. The molecule has 2 aliphatic rings. The third kappa shape index (κ3) is 4.77. The Labute approximate surface area is 196 Å². The third-order valence-electron chi connectivity index (χ3n) is 5.98. The van der Waals surface area contributed by atoms with E-state index in [1.165, 1.54) is 47.1 Å². The zero-order chi connectivity index (χ0) is 22.1. The molecule has 0 bridgehead atoms. The van der Waals surface area contributed by atoms with Gasteiger partial charge in [-0.25, -0.2) is 13.4 Å². The van der Waals surface area contributed by atoms with Gasteiger partial charge in [-0.05, 0) is 61.4 Å². The SMILES string of the molecule is O=C(Nc1nc(-c2ccc3c(c2)CCCC3)cs1)c1ccccc1SC1CCS(=O)(=O)C1. The Balaban J connectivity index is 1.31. The highest BCUT2D eigenvalue weighted by molar-refractivity contribution is 8.02. The fourth-order valence-electron chi connectivity index (χ4n) is 4.31. The molecule has 2 heterocycles. The summed E-state index contributed by atoms with van der Waals surface area (Å²) in [5, 5.41) is 5.46. The first-order chi connectivity index (χ1) is 15.5. The third-order valence-corrected chi connectivity index (χ3v) is 10.1. The van der Waals surface area contributed by atoms with Gasteiger partial charge in [0.2, 0.25) is 0 Å². The number of aromatic nitrogens is 1. The van der Waals surface area contributed by atoms with Crippen molar-refractivity contribution < 1.29 is 13.2 Å². The van der Waals surface area contributed by atoms with Crippen molar-refractivity contribution in [2.24, 2.45) is 0 Å². The van der Waals surface area contributed by atoms with E-state index in [1.807, 2.05) is 23.6 Å². The van der Waals surface area contributed by atoms with Crippen molar-refractivity contribution in [3.05, 3.63) is 64.5 Å². The van der Waals surface area contributed by atoms with Crippen LogP contribution in [0.4, 0.5) is 5.13 Å². The summed E-state index contributed by atoms with van der Waals surface area (Å²) in [6.07, 6.45) is 5.39. The molecule has 5 nitrogen and oxygen atoms in total. The van der Waals surface area contributed by atoms with Gasteiger partial charge in [0, 0.05) is 21.1 Å². The van der Waals surface area contributed by atoms with Crippen LogP contribution in [0.3, 0.4) is 0 Å². The summed E-state index contributed by atoms with van der Waals surface area (Å²) >= 11 is 2.89. The van der Waals surface area contributed by atoms with Crippen LogP contribution in [0.2, 0.25) is 0 Å². The van der Waals surface area contributed by atoms with E-state index in [2.05, 4.69) is 28.5 Å². The predicted octanol–water partition coefficient (Wildman–Crippen LogP) is 5.22. The molecule has 1 unspecified atom stereocenters. The number of sulfone groups is 1. The van der Waals surface area contributed by atoms with Crippen molar-refractivity contribution >= 4 is 44.0 Å². The molecule has 5 rings (SSSR count). The first-order valence-electron chi connectivity index (χ1n) is 10.8. The highest BCUT2D eigenvalue weighted by atomic mass is 32.2. The lowest BCUT2D eigenvalue weighted by molar-refractivity contribution is 0.102. The maximum atomic E-state index is 13.0. The lowest BCUT2D eigenvalue weighted by Crippen LogP contribution is -2.14. The van der Waals surface area contributed by atoms with E-state index in [9.17, 15) is 13.2 Å². The van der Waals surface area contributed by atoms with Crippen molar-refractivity contribution in [2.45, 2.75) is 42.2 Å². The van der Waals surface area contributed by atoms with E-state index in [0.29, 0.717) is 17.1 Å². The fraction of sp³-hybridized carbons (Fsp3) is 0.333. The van der Waals surface area contributed by atoms with Crippen LogP contribution < -0.4 is 5.32 Å². The molecule has 1 N–H and O–H groups in total. The molecule has 0 spiro atoms. The number of carbonyl (C=O) groups is 1. The maximum absolute atomic E-state index is 13.0. The Kier molecular flexibility index (Phi) is 6.09. The lowest BCUT2D eigenvalue weighted by atomic mass is 9.90. The molecule has 0 radical (unpaired) electrons. The van der Waals surface area contributed by atoms with E-state index >= 15 is 0 Å². The van der Waals surface area contributed by atoms with Crippen molar-refractivity contribution in [3.8, 4) is 11.3 Å². The predicted molar refractivity (Wildman–Crippen MR) is 132 cm³/mol. The molecule has 2 aromatic carbocycles. The van der Waals surface area contributed by atoms with E-state index in [-0.39, 0.29) is 22.7 Å². The van der Waals surface area contributed by atoms with Crippen LogP contribution in [0.15, 0.2) is 52.7 Å². The van der Waals surface area contributed by atoms with Crippen LogP contribution in [-0.4, -0.2) is 36.1 Å². The number of hydrogen-bond donors (Lipinski definition) is 1. The summed E-state index contributed by atoms with van der Waals surface area (Å²) in [6, 6.07) is 13.9. The van der Waals surface area contributed by atoms with Crippen LogP contribution in [-0.2, 0) is 22.7 Å². The van der Waals surface area contributed by atoms with Gasteiger partial charge in [0.05, 0.1) is 22.8 Å². The maximum Gasteiger partial charge on any atom is 0.258 e. The number of hydrogen-bond acceptors (Lipinski definition) is 6. The highest BCUT2D eigenvalue weighted by Crippen LogP contribution is 2.34. The zero-order valence-corrected chi connectivity index (χ0v) is 20.0. The molecule has 8 heteroatoms. The summed E-state index contributed by atoms with van der Waals surface area (Å²) in [6.45, 7) is 0. The number of benzene rings is 2. The number of fused-ring (bicyclic) bond motifs is 1. The number of nitrogens with zero attached hydrogens (tertiary/aromatic N) is 1. The van der Waals surface area contributed by atoms with Crippen molar-refractivity contribution in [2.75, 3.05) is 16.8 Å². The minimum Gasteiger partial charge on any atom is -0.298 e. The quantitative estimate of drug-likeness (QED) is 0.537. The van der Waals surface area contributed by atoms with Gasteiger partial charge in [-0.15, -0.1) is 23.1 Å². The van der Waals surface area contributed by atoms with Gasteiger partial charge in [0.15, 0.2) is 15.0 Å². The van der Waals surface area contributed by atoms with Crippen molar-refractivity contribution in [1.82, 2.24) is 4.98 Å². The molecule has 1 atom stereocenters. The lowest BCUT2D eigenvalue weighted by Gasteiger charge is -2.16. The fourth-order valence-corrected chi connectivity index (χ4v) is 8.65. The molecule has 32 heavy (non-hydrogen) atoms. The van der Waals surface area contributed by atoms with Crippen molar-refractivity contribution in [1.29, 1.82) is 0 Å². The summed E-state index contributed by atoms with van der Waals surface area (Å²) in [7, 11) is -2.96. The first-order valence-corrected chi connectivity index (χ1v) is 14.4.